The van der Waals surface area contributed by atoms with Crippen molar-refractivity contribution in [2.45, 2.75) is 37.8 Å². The predicted octanol–water partition coefficient (Wildman–Crippen LogP) is -0.310. The number of hydrogen-bond acceptors (Lipinski definition) is 4. The van der Waals surface area contributed by atoms with Crippen LogP contribution in [0.25, 0.3) is 0 Å². The molecule has 0 aliphatic heterocycles. The standard InChI is InChI=1S/C11H23N3O2/c1-3-16-7-6-14(2)9-4-5-11(13,8-9)10(12)15/h9H,3-8,13H2,1-2H3,(H2,12,15). The molecule has 1 amide bonds. The van der Waals surface area contributed by atoms with Crippen molar-refractivity contribution in [2.24, 2.45) is 11.5 Å². The second-order valence-corrected chi connectivity index (χ2v) is 4.59. The van der Waals surface area contributed by atoms with Crippen LogP contribution in [0.2, 0.25) is 0 Å². The Labute approximate surface area is 97.1 Å². The maximum Gasteiger partial charge on any atom is 0.237 e. The van der Waals surface area contributed by atoms with Crippen molar-refractivity contribution in [3.8, 4) is 0 Å². The highest BCUT2D eigenvalue weighted by atomic mass is 16.5. The van der Waals surface area contributed by atoms with E-state index >= 15 is 0 Å². The van der Waals surface area contributed by atoms with Crippen molar-refractivity contribution in [3.05, 3.63) is 0 Å². The summed E-state index contributed by atoms with van der Waals surface area (Å²) in [6, 6.07) is 0.345. The van der Waals surface area contributed by atoms with Crippen molar-refractivity contribution >= 4 is 5.91 Å². The minimum Gasteiger partial charge on any atom is -0.380 e. The van der Waals surface area contributed by atoms with Crippen LogP contribution in [0.4, 0.5) is 0 Å². The molecule has 0 aromatic carbocycles. The Morgan fingerprint density at radius 3 is 2.81 bits per heavy atom. The molecular formula is C11H23N3O2. The fraction of sp³-hybridized carbons (Fsp3) is 0.909. The molecule has 1 aliphatic rings. The molecule has 1 fully saturated rings. The van der Waals surface area contributed by atoms with Crippen LogP contribution in [0.1, 0.15) is 26.2 Å². The average molecular weight is 229 g/mol. The molecule has 5 nitrogen and oxygen atoms in total. The summed E-state index contributed by atoms with van der Waals surface area (Å²) in [5.74, 6) is -0.381. The Hall–Kier alpha value is -0.650. The van der Waals surface area contributed by atoms with Gasteiger partial charge >= 0.3 is 0 Å². The van der Waals surface area contributed by atoms with Crippen molar-refractivity contribution in [3.63, 3.8) is 0 Å². The van der Waals surface area contributed by atoms with E-state index in [1.807, 2.05) is 14.0 Å². The Kier molecular flexibility index (Phi) is 4.70. The van der Waals surface area contributed by atoms with E-state index in [9.17, 15) is 4.79 Å². The van der Waals surface area contributed by atoms with Gasteiger partial charge in [0.05, 0.1) is 12.1 Å². The molecule has 0 saturated heterocycles. The lowest BCUT2D eigenvalue weighted by molar-refractivity contribution is -0.123. The van der Waals surface area contributed by atoms with Crippen LogP contribution in [0.3, 0.4) is 0 Å². The fourth-order valence-electron chi connectivity index (χ4n) is 2.18. The van der Waals surface area contributed by atoms with E-state index in [0.717, 1.165) is 26.2 Å². The van der Waals surface area contributed by atoms with Crippen LogP contribution in [0.5, 0.6) is 0 Å². The summed E-state index contributed by atoms with van der Waals surface area (Å²) in [5.41, 5.74) is 10.5. The molecule has 0 bridgehead atoms. The van der Waals surface area contributed by atoms with Gasteiger partial charge in [-0.05, 0) is 33.2 Å². The first-order chi connectivity index (χ1) is 7.49. The molecule has 94 valence electrons. The minimum absolute atomic E-state index is 0.345. The molecule has 4 N–H and O–H groups in total. The second kappa shape index (κ2) is 5.61. The predicted molar refractivity (Wildman–Crippen MR) is 62.9 cm³/mol. The van der Waals surface area contributed by atoms with Crippen molar-refractivity contribution < 1.29 is 9.53 Å². The van der Waals surface area contributed by atoms with Crippen LogP contribution < -0.4 is 11.5 Å². The molecule has 0 aromatic rings. The van der Waals surface area contributed by atoms with Crippen LogP contribution in [0, 0.1) is 0 Å². The first-order valence-electron chi connectivity index (χ1n) is 5.86. The van der Waals surface area contributed by atoms with Crippen molar-refractivity contribution in [2.75, 3.05) is 26.8 Å². The second-order valence-electron chi connectivity index (χ2n) is 4.59. The number of carbonyl (C=O) groups is 1. The number of hydrogen-bond donors (Lipinski definition) is 2. The number of amides is 1. The average Bonchev–Trinajstić information content (AvgIpc) is 2.63. The van der Waals surface area contributed by atoms with Crippen LogP contribution >= 0.6 is 0 Å². The first-order valence-corrected chi connectivity index (χ1v) is 5.86. The Morgan fingerprint density at radius 1 is 1.62 bits per heavy atom. The van der Waals surface area contributed by atoms with Gasteiger partial charge < -0.3 is 21.1 Å². The number of carbonyl (C=O) groups excluding carboxylic acids is 1. The molecule has 5 heteroatoms. The molecule has 0 heterocycles. The zero-order valence-corrected chi connectivity index (χ0v) is 10.2. The van der Waals surface area contributed by atoms with E-state index in [1.54, 1.807) is 0 Å². The smallest absolute Gasteiger partial charge is 0.237 e. The maximum absolute atomic E-state index is 11.2. The highest BCUT2D eigenvalue weighted by Crippen LogP contribution is 2.30. The first kappa shape index (κ1) is 13.4. The molecule has 16 heavy (non-hydrogen) atoms. The summed E-state index contributed by atoms with van der Waals surface area (Å²) < 4.78 is 5.30. The lowest BCUT2D eigenvalue weighted by Crippen LogP contribution is -2.51. The fourth-order valence-corrected chi connectivity index (χ4v) is 2.18. The van der Waals surface area contributed by atoms with E-state index < -0.39 is 5.54 Å². The summed E-state index contributed by atoms with van der Waals surface area (Å²) in [7, 11) is 2.04. The monoisotopic (exact) mass is 229 g/mol. The zero-order valence-electron chi connectivity index (χ0n) is 10.2. The van der Waals surface area contributed by atoms with Gasteiger partial charge in [-0.25, -0.2) is 0 Å². The van der Waals surface area contributed by atoms with Gasteiger partial charge in [0.2, 0.25) is 5.91 Å². The van der Waals surface area contributed by atoms with Gasteiger partial charge in [0.25, 0.3) is 0 Å². The van der Waals surface area contributed by atoms with Gasteiger partial charge in [-0.15, -0.1) is 0 Å². The van der Waals surface area contributed by atoms with Gasteiger partial charge in [0.15, 0.2) is 0 Å². The molecule has 2 unspecified atom stereocenters. The number of nitrogens with zero attached hydrogens (tertiary/aromatic N) is 1. The summed E-state index contributed by atoms with van der Waals surface area (Å²) in [5, 5.41) is 0. The molecule has 1 aliphatic carbocycles. The topological polar surface area (TPSA) is 81.6 Å². The lowest BCUT2D eigenvalue weighted by Gasteiger charge is -2.26. The molecule has 0 radical (unpaired) electrons. The number of ether oxygens (including phenoxy) is 1. The van der Waals surface area contributed by atoms with Gasteiger partial charge in [-0.3, -0.25) is 4.79 Å². The van der Waals surface area contributed by atoms with Crippen LogP contribution in [-0.2, 0) is 9.53 Å². The normalized spacial score (nSPS) is 29.9. The van der Waals surface area contributed by atoms with Crippen LogP contribution in [-0.4, -0.2) is 49.2 Å². The third-order valence-corrected chi connectivity index (χ3v) is 3.43. The summed E-state index contributed by atoms with van der Waals surface area (Å²) >= 11 is 0. The summed E-state index contributed by atoms with van der Waals surface area (Å²) in [4.78, 5) is 13.4. The third kappa shape index (κ3) is 3.17. The largest absolute Gasteiger partial charge is 0.380 e. The van der Waals surface area contributed by atoms with E-state index in [4.69, 9.17) is 16.2 Å². The van der Waals surface area contributed by atoms with E-state index in [1.165, 1.54) is 0 Å². The molecule has 1 saturated carbocycles. The van der Waals surface area contributed by atoms with Gasteiger partial charge in [0.1, 0.15) is 0 Å². The van der Waals surface area contributed by atoms with Gasteiger partial charge in [-0.1, -0.05) is 0 Å². The minimum atomic E-state index is -0.801. The summed E-state index contributed by atoms with van der Waals surface area (Å²) in [6.07, 6.45) is 2.28. The zero-order chi connectivity index (χ0) is 12.2. The van der Waals surface area contributed by atoms with E-state index in [2.05, 4.69) is 4.90 Å². The number of primary amides is 1. The Balaban J connectivity index is 2.37. The quantitative estimate of drug-likeness (QED) is 0.612. The number of rotatable bonds is 6. The SMILES string of the molecule is CCOCCN(C)C1CCC(N)(C(N)=O)C1. The lowest BCUT2D eigenvalue weighted by atomic mass is 9.98. The van der Waals surface area contributed by atoms with E-state index in [-0.39, 0.29) is 5.91 Å². The molecule has 1 rings (SSSR count). The number of likely N-dealkylation sites (N-methyl/N-ethyl adjacent to an activating group) is 1. The number of nitrogens with two attached hydrogens (primary N) is 2. The summed E-state index contributed by atoms with van der Waals surface area (Å²) in [6.45, 7) is 4.30. The van der Waals surface area contributed by atoms with E-state index in [0.29, 0.717) is 18.9 Å². The highest BCUT2D eigenvalue weighted by molar-refractivity contribution is 5.84. The van der Waals surface area contributed by atoms with Gasteiger partial charge in [-0.2, -0.15) is 0 Å². The third-order valence-electron chi connectivity index (χ3n) is 3.43. The van der Waals surface area contributed by atoms with Crippen molar-refractivity contribution in [1.82, 2.24) is 4.90 Å². The van der Waals surface area contributed by atoms with Crippen molar-refractivity contribution in [1.29, 1.82) is 0 Å². The molecular weight excluding hydrogens is 206 g/mol. The Bertz CT molecular complexity index is 247. The maximum atomic E-state index is 11.2. The Morgan fingerprint density at radius 2 is 2.31 bits per heavy atom. The molecule has 2 atom stereocenters. The van der Waals surface area contributed by atoms with Crippen LogP contribution in [0.15, 0.2) is 0 Å². The van der Waals surface area contributed by atoms with Gasteiger partial charge in [0, 0.05) is 19.2 Å². The highest BCUT2D eigenvalue weighted by Gasteiger charge is 2.41. The molecule has 0 aromatic heterocycles. The molecule has 0 spiro atoms.